The Bertz CT molecular complexity index is 670. The van der Waals surface area contributed by atoms with E-state index in [2.05, 4.69) is 0 Å². The predicted octanol–water partition coefficient (Wildman–Crippen LogP) is 3.30. The molecule has 3 nitrogen and oxygen atoms in total. The van der Waals surface area contributed by atoms with Crippen molar-refractivity contribution in [1.82, 2.24) is 0 Å². The maximum absolute atomic E-state index is 12.5. The van der Waals surface area contributed by atoms with Gasteiger partial charge in [0.05, 0.1) is 0 Å². The van der Waals surface area contributed by atoms with Crippen LogP contribution in [0.2, 0.25) is 0 Å². The normalized spacial score (nSPS) is 13.4. The van der Waals surface area contributed by atoms with Crippen LogP contribution in [0.25, 0.3) is 0 Å². The van der Waals surface area contributed by atoms with Crippen LogP contribution in [0, 0.1) is 6.92 Å². The van der Waals surface area contributed by atoms with E-state index in [1.165, 1.54) is 0 Å². The summed E-state index contributed by atoms with van der Waals surface area (Å²) in [7, 11) is 0.480. The van der Waals surface area contributed by atoms with Gasteiger partial charge in [0, 0.05) is 29.3 Å². The fourth-order valence-electron chi connectivity index (χ4n) is 2.21. The van der Waals surface area contributed by atoms with Gasteiger partial charge in [0.2, 0.25) is 5.91 Å². The van der Waals surface area contributed by atoms with Gasteiger partial charge >= 0.3 is 0 Å². The van der Waals surface area contributed by atoms with E-state index < -0.39 is 16.0 Å². The number of nitrogens with zero attached hydrogens (tertiary/aromatic N) is 1. The number of rotatable bonds is 5. The lowest BCUT2D eigenvalue weighted by molar-refractivity contribution is -0.117. The topological polar surface area (TPSA) is 37.4 Å². The molecule has 4 heteroatoms. The number of anilines is 1. The summed E-state index contributed by atoms with van der Waals surface area (Å²) in [6, 6.07) is 17.3. The summed E-state index contributed by atoms with van der Waals surface area (Å²) < 4.78 is 12.5. The summed E-state index contributed by atoms with van der Waals surface area (Å²) in [5.74, 6) is 0.278. The molecule has 0 radical (unpaired) electrons. The van der Waals surface area contributed by atoms with E-state index >= 15 is 0 Å². The minimum Gasteiger partial charge on any atom is -0.314 e. The zero-order chi connectivity index (χ0) is 16.1. The van der Waals surface area contributed by atoms with Gasteiger partial charge in [-0.3, -0.25) is 9.00 Å². The van der Waals surface area contributed by atoms with Crippen molar-refractivity contribution < 1.29 is 9.00 Å². The van der Waals surface area contributed by atoms with E-state index in [1.807, 2.05) is 61.5 Å². The van der Waals surface area contributed by atoms with Gasteiger partial charge in [-0.1, -0.05) is 42.5 Å². The molecule has 0 heterocycles. The van der Waals surface area contributed by atoms with E-state index in [-0.39, 0.29) is 5.91 Å². The average molecular weight is 315 g/mol. The van der Waals surface area contributed by atoms with E-state index in [0.717, 1.165) is 16.8 Å². The van der Waals surface area contributed by atoms with Gasteiger partial charge in [-0.2, -0.15) is 0 Å². The molecular weight excluding hydrogens is 294 g/mol. The Morgan fingerprint density at radius 2 is 1.68 bits per heavy atom. The van der Waals surface area contributed by atoms with Gasteiger partial charge in [-0.25, -0.2) is 0 Å². The van der Waals surface area contributed by atoms with Crippen LogP contribution in [0.15, 0.2) is 54.6 Å². The summed E-state index contributed by atoms with van der Waals surface area (Å²) in [6.07, 6.45) is 0. The Balaban J connectivity index is 2.07. The predicted molar refractivity (Wildman–Crippen MR) is 92.3 cm³/mol. The lowest BCUT2D eigenvalue weighted by atomic mass is 10.1. The van der Waals surface area contributed by atoms with Crippen molar-refractivity contribution >= 4 is 22.4 Å². The molecule has 0 aliphatic rings. The Kier molecular flexibility index (Phi) is 5.50. The zero-order valence-electron chi connectivity index (χ0n) is 13.2. The molecule has 0 unspecified atom stereocenters. The quantitative estimate of drug-likeness (QED) is 0.849. The van der Waals surface area contributed by atoms with Crippen molar-refractivity contribution in [2.45, 2.75) is 24.9 Å². The molecule has 2 rings (SSSR count). The molecular formula is C18H21NO2S. The fraction of sp³-hybridized carbons (Fsp3) is 0.278. The van der Waals surface area contributed by atoms with Gasteiger partial charge in [-0.05, 0) is 37.1 Å². The first kappa shape index (κ1) is 16.4. The zero-order valence-corrected chi connectivity index (χ0v) is 14.0. The van der Waals surface area contributed by atoms with Gasteiger partial charge in [0.1, 0.15) is 5.25 Å². The molecule has 0 saturated heterocycles. The highest BCUT2D eigenvalue weighted by Gasteiger charge is 2.24. The molecule has 0 aliphatic carbocycles. The van der Waals surface area contributed by atoms with Crippen LogP contribution in [-0.4, -0.2) is 22.4 Å². The van der Waals surface area contributed by atoms with Crippen LogP contribution in [-0.2, 0) is 21.3 Å². The average Bonchev–Trinajstić information content (AvgIpc) is 2.55. The first-order chi connectivity index (χ1) is 10.5. The molecule has 0 aliphatic heterocycles. The van der Waals surface area contributed by atoms with Crippen molar-refractivity contribution in [3.05, 3.63) is 65.7 Å². The van der Waals surface area contributed by atoms with E-state index in [1.54, 1.807) is 18.9 Å². The highest BCUT2D eigenvalue weighted by atomic mass is 32.2. The van der Waals surface area contributed by atoms with Gasteiger partial charge < -0.3 is 4.90 Å². The second-order valence-electron chi connectivity index (χ2n) is 5.33. The number of aryl methyl sites for hydroxylation is 1. The third-order valence-electron chi connectivity index (χ3n) is 3.78. The molecule has 116 valence electrons. The molecule has 0 spiro atoms. The first-order valence-electron chi connectivity index (χ1n) is 7.25. The molecule has 0 fully saturated rings. The summed E-state index contributed by atoms with van der Waals surface area (Å²) in [5.41, 5.74) is 2.95. The molecule has 22 heavy (non-hydrogen) atoms. The highest BCUT2D eigenvalue weighted by molar-refractivity contribution is 7.85. The maximum Gasteiger partial charge on any atom is 0.242 e. The molecule has 0 saturated carbocycles. The van der Waals surface area contributed by atoms with Crippen molar-refractivity contribution in [3.8, 4) is 0 Å². The second-order valence-corrected chi connectivity index (χ2v) is 7.08. The summed E-state index contributed by atoms with van der Waals surface area (Å²) in [5, 5.41) is -0.537. The standard InChI is InChI=1S/C18H21NO2S/c1-14-9-7-8-10-16(14)13-22(21)15(2)18(20)19(3)17-11-5-4-6-12-17/h4-12,15H,13H2,1-3H3/t15-,22-/m1/s1. The van der Waals surface area contributed by atoms with E-state index in [0.29, 0.717) is 5.75 Å². The minimum absolute atomic E-state index is 0.127. The summed E-state index contributed by atoms with van der Waals surface area (Å²) in [4.78, 5) is 14.1. The number of amides is 1. The van der Waals surface area contributed by atoms with E-state index in [9.17, 15) is 9.00 Å². The van der Waals surface area contributed by atoms with Gasteiger partial charge in [0.25, 0.3) is 0 Å². The first-order valence-corrected chi connectivity index (χ1v) is 8.63. The molecule has 0 bridgehead atoms. The number of hydrogen-bond acceptors (Lipinski definition) is 2. The number of benzene rings is 2. The largest absolute Gasteiger partial charge is 0.314 e. The monoisotopic (exact) mass is 315 g/mol. The molecule has 0 N–H and O–H groups in total. The Morgan fingerprint density at radius 3 is 2.32 bits per heavy atom. The summed E-state index contributed by atoms with van der Waals surface area (Å²) >= 11 is 0. The van der Waals surface area contributed by atoms with Crippen molar-refractivity contribution in [3.63, 3.8) is 0 Å². The van der Waals surface area contributed by atoms with Crippen LogP contribution in [0.1, 0.15) is 18.1 Å². The Labute approximate surface area is 134 Å². The van der Waals surface area contributed by atoms with Gasteiger partial charge in [0.15, 0.2) is 0 Å². The minimum atomic E-state index is -1.24. The number of carbonyl (C=O) groups excluding carboxylic acids is 1. The maximum atomic E-state index is 12.5. The molecule has 2 atom stereocenters. The number of para-hydroxylation sites is 1. The fourth-order valence-corrected chi connectivity index (χ4v) is 3.48. The third kappa shape index (κ3) is 3.83. The van der Waals surface area contributed by atoms with Crippen molar-refractivity contribution in [2.24, 2.45) is 0 Å². The van der Waals surface area contributed by atoms with Crippen LogP contribution >= 0.6 is 0 Å². The van der Waals surface area contributed by atoms with Crippen LogP contribution < -0.4 is 4.90 Å². The van der Waals surface area contributed by atoms with Crippen LogP contribution in [0.3, 0.4) is 0 Å². The van der Waals surface area contributed by atoms with Crippen molar-refractivity contribution in [2.75, 3.05) is 11.9 Å². The molecule has 1 amide bonds. The smallest absolute Gasteiger partial charge is 0.242 e. The number of carbonyl (C=O) groups is 1. The second kappa shape index (κ2) is 7.36. The van der Waals surface area contributed by atoms with E-state index in [4.69, 9.17) is 0 Å². The highest BCUT2D eigenvalue weighted by Crippen LogP contribution is 2.16. The summed E-state index contributed by atoms with van der Waals surface area (Å²) in [6.45, 7) is 3.73. The van der Waals surface area contributed by atoms with Crippen LogP contribution in [0.4, 0.5) is 5.69 Å². The molecule has 2 aromatic carbocycles. The Morgan fingerprint density at radius 1 is 1.09 bits per heavy atom. The molecule has 0 aromatic heterocycles. The van der Waals surface area contributed by atoms with Gasteiger partial charge in [-0.15, -0.1) is 0 Å². The third-order valence-corrected chi connectivity index (χ3v) is 5.36. The van der Waals surface area contributed by atoms with Crippen molar-refractivity contribution in [1.29, 1.82) is 0 Å². The van der Waals surface area contributed by atoms with Crippen LogP contribution in [0.5, 0.6) is 0 Å². The molecule has 2 aromatic rings. The Hall–Kier alpha value is -1.94. The lowest BCUT2D eigenvalue weighted by Crippen LogP contribution is -2.37. The SMILES string of the molecule is Cc1ccccc1C[S@@](=O)[C@H](C)C(=O)N(C)c1ccccc1. The number of hydrogen-bond donors (Lipinski definition) is 0. The lowest BCUT2D eigenvalue weighted by Gasteiger charge is -2.21.